The Hall–Kier alpha value is -2.30. The number of hydrogen-bond acceptors (Lipinski definition) is 2. The van der Waals surface area contributed by atoms with Gasteiger partial charge in [-0.15, -0.1) is 0 Å². The summed E-state index contributed by atoms with van der Waals surface area (Å²) < 4.78 is 12.9. The molecular weight excluding hydrogens is 221 g/mol. The van der Waals surface area contributed by atoms with E-state index >= 15 is 0 Å². The first-order valence-corrected chi connectivity index (χ1v) is 5.12. The van der Waals surface area contributed by atoms with Gasteiger partial charge in [0.25, 0.3) is 5.91 Å². The van der Waals surface area contributed by atoms with E-state index in [2.05, 4.69) is 10.3 Å². The summed E-state index contributed by atoms with van der Waals surface area (Å²) in [6.07, 6.45) is 1.78. The van der Waals surface area contributed by atoms with E-state index in [1.54, 1.807) is 6.20 Å². The molecular formula is C12H12FN3O. The van der Waals surface area contributed by atoms with Crippen molar-refractivity contribution in [2.45, 2.75) is 6.54 Å². The van der Waals surface area contributed by atoms with E-state index in [4.69, 9.17) is 5.73 Å². The molecule has 2 rings (SSSR count). The van der Waals surface area contributed by atoms with Gasteiger partial charge in [0.05, 0.1) is 12.2 Å². The molecule has 1 heterocycles. The summed E-state index contributed by atoms with van der Waals surface area (Å²) in [6, 6.07) is 7.60. The Morgan fingerprint density at radius 3 is 2.88 bits per heavy atom. The van der Waals surface area contributed by atoms with E-state index in [9.17, 15) is 9.18 Å². The van der Waals surface area contributed by atoms with Crippen LogP contribution in [0.15, 0.2) is 36.5 Å². The molecule has 1 aromatic carbocycles. The van der Waals surface area contributed by atoms with Crippen LogP contribution in [0.1, 0.15) is 16.1 Å². The van der Waals surface area contributed by atoms with Crippen molar-refractivity contribution in [2.75, 3.05) is 5.73 Å². The molecule has 4 nitrogen and oxygen atoms in total. The van der Waals surface area contributed by atoms with Gasteiger partial charge in [-0.1, -0.05) is 0 Å². The molecule has 2 aromatic rings. The van der Waals surface area contributed by atoms with Gasteiger partial charge in [-0.05, 0) is 30.3 Å². The van der Waals surface area contributed by atoms with Crippen LogP contribution in [-0.4, -0.2) is 10.9 Å². The molecule has 0 spiro atoms. The van der Waals surface area contributed by atoms with Crippen LogP contribution in [-0.2, 0) is 6.54 Å². The summed E-state index contributed by atoms with van der Waals surface area (Å²) in [6.45, 7) is 0.392. The molecule has 1 aromatic heterocycles. The average molecular weight is 233 g/mol. The zero-order valence-electron chi connectivity index (χ0n) is 9.03. The first-order chi connectivity index (χ1) is 8.16. The van der Waals surface area contributed by atoms with Crippen molar-refractivity contribution >= 4 is 11.6 Å². The highest BCUT2D eigenvalue weighted by molar-refractivity contribution is 5.94. The van der Waals surface area contributed by atoms with Gasteiger partial charge < -0.3 is 16.0 Å². The second kappa shape index (κ2) is 4.69. The van der Waals surface area contributed by atoms with E-state index in [-0.39, 0.29) is 11.6 Å². The highest BCUT2D eigenvalue weighted by Crippen LogP contribution is 2.12. The molecule has 0 aliphatic rings. The van der Waals surface area contributed by atoms with Crippen LogP contribution in [0.4, 0.5) is 10.1 Å². The molecule has 0 atom stereocenters. The topological polar surface area (TPSA) is 70.9 Å². The van der Waals surface area contributed by atoms with Crippen LogP contribution in [0, 0.1) is 5.82 Å². The third kappa shape index (κ3) is 2.63. The molecule has 0 saturated heterocycles. The Morgan fingerprint density at radius 1 is 1.41 bits per heavy atom. The molecule has 0 aliphatic carbocycles. The quantitative estimate of drug-likeness (QED) is 0.705. The van der Waals surface area contributed by atoms with E-state index in [0.29, 0.717) is 12.1 Å². The summed E-state index contributed by atoms with van der Waals surface area (Å²) in [7, 11) is 0. The number of H-pyrrole nitrogens is 1. The lowest BCUT2D eigenvalue weighted by atomic mass is 10.2. The number of nitrogen functional groups attached to an aromatic ring is 1. The minimum Gasteiger partial charge on any atom is -0.396 e. The maximum absolute atomic E-state index is 12.9. The van der Waals surface area contributed by atoms with Gasteiger partial charge >= 0.3 is 0 Å². The monoisotopic (exact) mass is 233 g/mol. The Kier molecular flexibility index (Phi) is 3.09. The summed E-state index contributed by atoms with van der Waals surface area (Å²) in [5, 5.41) is 2.70. The highest BCUT2D eigenvalue weighted by atomic mass is 19.1. The number of carbonyl (C=O) groups excluding carboxylic acids is 1. The Labute approximate surface area is 97.6 Å². The SMILES string of the molecule is Nc1cc(C(=O)NCc2ccc[nH]2)ccc1F. The Bertz CT molecular complexity index is 523. The Morgan fingerprint density at radius 2 is 2.24 bits per heavy atom. The molecule has 0 radical (unpaired) electrons. The van der Waals surface area contributed by atoms with Gasteiger partial charge in [-0.3, -0.25) is 4.79 Å². The molecule has 0 aliphatic heterocycles. The first kappa shape index (κ1) is 11.2. The van der Waals surface area contributed by atoms with Crippen molar-refractivity contribution in [3.05, 3.63) is 53.6 Å². The minimum absolute atomic E-state index is 0.0301. The molecule has 4 N–H and O–H groups in total. The van der Waals surface area contributed by atoms with E-state index in [1.807, 2.05) is 12.1 Å². The summed E-state index contributed by atoms with van der Waals surface area (Å²) in [5.74, 6) is -0.808. The summed E-state index contributed by atoms with van der Waals surface area (Å²) in [5.41, 5.74) is 6.60. The zero-order valence-corrected chi connectivity index (χ0v) is 9.03. The van der Waals surface area contributed by atoms with Gasteiger partial charge in [0.1, 0.15) is 5.82 Å². The largest absolute Gasteiger partial charge is 0.396 e. The van der Waals surface area contributed by atoms with E-state index in [0.717, 1.165) is 5.69 Å². The number of amides is 1. The summed E-state index contributed by atoms with van der Waals surface area (Å²) >= 11 is 0. The van der Waals surface area contributed by atoms with Crippen LogP contribution in [0.2, 0.25) is 0 Å². The lowest BCUT2D eigenvalue weighted by Gasteiger charge is -2.05. The van der Waals surface area contributed by atoms with Crippen molar-refractivity contribution in [1.29, 1.82) is 0 Å². The maximum atomic E-state index is 12.9. The predicted octanol–water partition coefficient (Wildman–Crippen LogP) is 1.67. The first-order valence-electron chi connectivity index (χ1n) is 5.12. The minimum atomic E-state index is -0.522. The number of benzene rings is 1. The van der Waals surface area contributed by atoms with Crippen molar-refractivity contribution in [3.8, 4) is 0 Å². The number of halogens is 1. The third-order valence-corrected chi connectivity index (χ3v) is 2.36. The molecule has 88 valence electrons. The number of carbonyl (C=O) groups is 1. The van der Waals surface area contributed by atoms with Gasteiger partial charge in [0, 0.05) is 17.5 Å². The van der Waals surface area contributed by atoms with Crippen LogP contribution >= 0.6 is 0 Å². The van der Waals surface area contributed by atoms with Crippen LogP contribution in [0.5, 0.6) is 0 Å². The molecule has 17 heavy (non-hydrogen) atoms. The van der Waals surface area contributed by atoms with Crippen LogP contribution in [0.3, 0.4) is 0 Å². The lowest BCUT2D eigenvalue weighted by Crippen LogP contribution is -2.23. The lowest BCUT2D eigenvalue weighted by molar-refractivity contribution is 0.0950. The van der Waals surface area contributed by atoms with E-state index in [1.165, 1.54) is 18.2 Å². The Balaban J connectivity index is 2.02. The number of hydrogen-bond donors (Lipinski definition) is 3. The molecule has 0 saturated carbocycles. The molecule has 0 fully saturated rings. The summed E-state index contributed by atoms with van der Waals surface area (Å²) in [4.78, 5) is 14.7. The number of aromatic nitrogens is 1. The number of anilines is 1. The van der Waals surface area contributed by atoms with Gasteiger partial charge in [-0.2, -0.15) is 0 Å². The third-order valence-electron chi connectivity index (χ3n) is 2.36. The number of nitrogens with two attached hydrogens (primary N) is 1. The molecule has 0 bridgehead atoms. The fourth-order valence-electron chi connectivity index (χ4n) is 1.44. The second-order valence-corrected chi connectivity index (χ2v) is 3.61. The highest BCUT2D eigenvalue weighted by Gasteiger charge is 2.07. The van der Waals surface area contributed by atoms with Crippen molar-refractivity contribution < 1.29 is 9.18 Å². The molecule has 1 amide bonds. The van der Waals surface area contributed by atoms with Gasteiger partial charge in [0.2, 0.25) is 0 Å². The maximum Gasteiger partial charge on any atom is 0.251 e. The van der Waals surface area contributed by atoms with Crippen LogP contribution < -0.4 is 11.1 Å². The van der Waals surface area contributed by atoms with Gasteiger partial charge in [0.15, 0.2) is 0 Å². The number of aromatic amines is 1. The smallest absolute Gasteiger partial charge is 0.251 e. The van der Waals surface area contributed by atoms with Crippen LogP contribution in [0.25, 0.3) is 0 Å². The van der Waals surface area contributed by atoms with Crippen molar-refractivity contribution in [3.63, 3.8) is 0 Å². The number of rotatable bonds is 3. The zero-order chi connectivity index (χ0) is 12.3. The fourth-order valence-corrected chi connectivity index (χ4v) is 1.44. The standard InChI is InChI=1S/C12H12FN3O/c13-10-4-3-8(6-11(10)14)12(17)16-7-9-2-1-5-15-9/h1-6,15H,7,14H2,(H,16,17). The molecule has 5 heteroatoms. The van der Waals surface area contributed by atoms with Crippen molar-refractivity contribution in [1.82, 2.24) is 10.3 Å². The van der Waals surface area contributed by atoms with Gasteiger partial charge in [-0.25, -0.2) is 4.39 Å². The van der Waals surface area contributed by atoms with E-state index < -0.39 is 5.82 Å². The molecule has 0 unspecified atom stereocenters. The fraction of sp³-hybridized carbons (Fsp3) is 0.0833. The predicted molar refractivity (Wildman–Crippen MR) is 62.8 cm³/mol. The van der Waals surface area contributed by atoms with Crippen molar-refractivity contribution in [2.24, 2.45) is 0 Å². The average Bonchev–Trinajstić information content (AvgIpc) is 2.82. The number of nitrogens with one attached hydrogen (secondary N) is 2. The second-order valence-electron chi connectivity index (χ2n) is 3.61. The normalized spacial score (nSPS) is 10.2.